The van der Waals surface area contributed by atoms with Gasteiger partial charge in [-0.3, -0.25) is 0 Å². The second-order valence-corrected chi connectivity index (χ2v) is 4.96. The number of anilines is 1. The summed E-state index contributed by atoms with van der Waals surface area (Å²) < 4.78 is 11.3. The molecule has 0 fully saturated rings. The van der Waals surface area contributed by atoms with Crippen LogP contribution in [0.15, 0.2) is 18.2 Å². The first-order chi connectivity index (χ1) is 9.81. The summed E-state index contributed by atoms with van der Waals surface area (Å²) in [6.45, 7) is 6.46. The molecule has 0 saturated heterocycles. The number of rotatable bonds is 4. The molecule has 0 saturated carbocycles. The largest absolute Gasteiger partial charge is 0.486 e. The summed E-state index contributed by atoms with van der Waals surface area (Å²) in [6, 6.07) is 6.19. The van der Waals surface area contributed by atoms with E-state index in [-0.39, 0.29) is 0 Å². The molecule has 0 atom stereocenters. The van der Waals surface area contributed by atoms with E-state index in [1.165, 1.54) is 5.56 Å². The fourth-order valence-corrected chi connectivity index (χ4v) is 2.42. The topological polar surface area (TPSA) is 43.4 Å². The van der Waals surface area contributed by atoms with Crippen LogP contribution in [0.1, 0.15) is 25.8 Å². The molecule has 1 N–H and O–H groups in total. The highest BCUT2D eigenvalue weighted by molar-refractivity contribution is 5.85. The van der Waals surface area contributed by atoms with Gasteiger partial charge in [0.2, 0.25) is 0 Å². The number of hydrogen-bond donors (Lipinski definition) is 1. The Balaban J connectivity index is 2.08. The molecule has 106 valence electrons. The summed E-state index contributed by atoms with van der Waals surface area (Å²) in [6.07, 6.45) is 2.05. The smallest absolute Gasteiger partial charge is 0.163 e. The van der Waals surface area contributed by atoms with Crippen LogP contribution >= 0.6 is 0 Å². The predicted octanol–water partition coefficient (Wildman–Crippen LogP) is 3.39. The van der Waals surface area contributed by atoms with Crippen LogP contribution in [-0.2, 0) is 6.42 Å². The van der Waals surface area contributed by atoms with Crippen LogP contribution < -0.4 is 14.8 Å². The number of aromatic nitrogens is 1. The van der Waals surface area contributed by atoms with Gasteiger partial charge in [-0.25, -0.2) is 4.98 Å². The number of aryl methyl sites for hydroxylation is 1. The van der Waals surface area contributed by atoms with Crippen LogP contribution in [0.2, 0.25) is 0 Å². The van der Waals surface area contributed by atoms with E-state index in [9.17, 15) is 0 Å². The van der Waals surface area contributed by atoms with E-state index in [1.807, 2.05) is 12.1 Å². The molecule has 0 spiro atoms. The Morgan fingerprint density at radius 2 is 1.85 bits per heavy atom. The third-order valence-corrected chi connectivity index (χ3v) is 3.48. The van der Waals surface area contributed by atoms with Crippen LogP contribution in [-0.4, -0.2) is 24.7 Å². The molecule has 2 heterocycles. The van der Waals surface area contributed by atoms with Gasteiger partial charge in [0.1, 0.15) is 19.0 Å². The molecule has 0 unspecified atom stereocenters. The maximum atomic E-state index is 5.63. The Kier molecular flexibility index (Phi) is 3.63. The van der Waals surface area contributed by atoms with Crippen molar-refractivity contribution < 1.29 is 9.47 Å². The van der Waals surface area contributed by atoms with E-state index in [0.29, 0.717) is 13.2 Å². The van der Waals surface area contributed by atoms with Crippen molar-refractivity contribution in [1.29, 1.82) is 0 Å². The number of benzene rings is 1. The van der Waals surface area contributed by atoms with Crippen molar-refractivity contribution in [3.8, 4) is 11.5 Å². The lowest BCUT2D eigenvalue weighted by molar-refractivity contribution is 0.172. The molecule has 1 aliphatic rings. The summed E-state index contributed by atoms with van der Waals surface area (Å²) in [5, 5.41) is 4.51. The van der Waals surface area contributed by atoms with Crippen molar-refractivity contribution in [3.63, 3.8) is 0 Å². The first-order valence-electron chi connectivity index (χ1n) is 7.29. The van der Waals surface area contributed by atoms with E-state index >= 15 is 0 Å². The highest BCUT2D eigenvalue weighted by Gasteiger charge is 2.14. The number of pyridine rings is 1. The Labute approximate surface area is 119 Å². The molecule has 4 heteroatoms. The van der Waals surface area contributed by atoms with E-state index in [0.717, 1.165) is 47.6 Å². The highest BCUT2D eigenvalue weighted by Crippen LogP contribution is 2.35. The van der Waals surface area contributed by atoms with Crippen molar-refractivity contribution in [2.24, 2.45) is 0 Å². The quantitative estimate of drug-likeness (QED) is 0.926. The van der Waals surface area contributed by atoms with Gasteiger partial charge in [-0.15, -0.1) is 0 Å². The van der Waals surface area contributed by atoms with Crippen molar-refractivity contribution in [2.75, 3.05) is 25.1 Å². The number of nitrogens with zero attached hydrogens (tertiary/aromatic N) is 1. The molecule has 20 heavy (non-hydrogen) atoms. The number of ether oxygens (including phenoxy) is 2. The minimum atomic E-state index is 0.604. The number of fused-ring (bicyclic) bond motifs is 2. The van der Waals surface area contributed by atoms with E-state index in [1.54, 1.807) is 0 Å². The lowest BCUT2D eigenvalue weighted by Gasteiger charge is -2.19. The van der Waals surface area contributed by atoms with Gasteiger partial charge >= 0.3 is 0 Å². The van der Waals surface area contributed by atoms with Crippen molar-refractivity contribution in [3.05, 3.63) is 23.8 Å². The average molecular weight is 272 g/mol. The van der Waals surface area contributed by atoms with Crippen LogP contribution in [0.4, 0.5) is 5.82 Å². The molecule has 1 aromatic heterocycles. The van der Waals surface area contributed by atoms with Gasteiger partial charge in [0, 0.05) is 18.0 Å². The molecule has 0 bridgehead atoms. The van der Waals surface area contributed by atoms with Gasteiger partial charge in [0.05, 0.1) is 5.52 Å². The summed E-state index contributed by atoms with van der Waals surface area (Å²) in [5.74, 6) is 2.60. The van der Waals surface area contributed by atoms with Crippen LogP contribution in [0.3, 0.4) is 0 Å². The first kappa shape index (κ1) is 13.0. The molecule has 1 aromatic carbocycles. The molecule has 0 amide bonds. The minimum Gasteiger partial charge on any atom is -0.486 e. The Morgan fingerprint density at radius 3 is 2.55 bits per heavy atom. The molecular weight excluding hydrogens is 252 g/mol. The molecule has 3 rings (SSSR count). The molecule has 1 aliphatic heterocycles. The molecule has 2 aromatic rings. The van der Waals surface area contributed by atoms with Gasteiger partial charge in [-0.2, -0.15) is 0 Å². The zero-order chi connectivity index (χ0) is 13.9. The third-order valence-electron chi connectivity index (χ3n) is 3.48. The molecule has 0 aliphatic carbocycles. The summed E-state index contributed by atoms with van der Waals surface area (Å²) in [4.78, 5) is 4.74. The second kappa shape index (κ2) is 5.57. The van der Waals surface area contributed by atoms with Gasteiger partial charge in [-0.05, 0) is 30.5 Å². The predicted molar refractivity (Wildman–Crippen MR) is 80.9 cm³/mol. The normalized spacial score (nSPS) is 13.5. The van der Waals surface area contributed by atoms with E-state index < -0.39 is 0 Å². The highest BCUT2D eigenvalue weighted by atomic mass is 16.6. The maximum absolute atomic E-state index is 5.63. The van der Waals surface area contributed by atoms with Gasteiger partial charge in [0.15, 0.2) is 11.5 Å². The fourth-order valence-electron chi connectivity index (χ4n) is 2.42. The van der Waals surface area contributed by atoms with Crippen molar-refractivity contribution in [1.82, 2.24) is 4.98 Å². The SMILES string of the molecule is CCCNc1nc2cc3c(cc2cc1CC)OCCO3. The molecule has 4 nitrogen and oxygen atoms in total. The van der Waals surface area contributed by atoms with Crippen LogP contribution in [0.5, 0.6) is 11.5 Å². The summed E-state index contributed by atoms with van der Waals surface area (Å²) >= 11 is 0. The zero-order valence-corrected chi connectivity index (χ0v) is 12.0. The zero-order valence-electron chi connectivity index (χ0n) is 12.0. The summed E-state index contributed by atoms with van der Waals surface area (Å²) in [7, 11) is 0. The van der Waals surface area contributed by atoms with Crippen molar-refractivity contribution in [2.45, 2.75) is 26.7 Å². The average Bonchev–Trinajstić information content (AvgIpc) is 2.49. The minimum absolute atomic E-state index is 0.604. The molecule has 0 radical (unpaired) electrons. The summed E-state index contributed by atoms with van der Waals surface area (Å²) in [5.41, 5.74) is 2.19. The van der Waals surface area contributed by atoms with Gasteiger partial charge in [0.25, 0.3) is 0 Å². The maximum Gasteiger partial charge on any atom is 0.163 e. The van der Waals surface area contributed by atoms with Gasteiger partial charge < -0.3 is 14.8 Å². The Hall–Kier alpha value is -1.97. The van der Waals surface area contributed by atoms with Crippen LogP contribution in [0, 0.1) is 0 Å². The van der Waals surface area contributed by atoms with Crippen LogP contribution in [0.25, 0.3) is 10.9 Å². The lowest BCUT2D eigenvalue weighted by Crippen LogP contribution is -2.15. The Bertz CT molecular complexity index is 625. The first-order valence-corrected chi connectivity index (χ1v) is 7.29. The second-order valence-electron chi connectivity index (χ2n) is 4.96. The lowest BCUT2D eigenvalue weighted by atomic mass is 10.1. The number of hydrogen-bond acceptors (Lipinski definition) is 4. The fraction of sp³-hybridized carbons (Fsp3) is 0.438. The standard InChI is InChI=1S/C16H20N2O2/c1-3-5-17-16-11(4-2)8-12-9-14-15(10-13(12)18-16)20-7-6-19-14/h8-10H,3-7H2,1-2H3,(H,17,18). The van der Waals surface area contributed by atoms with E-state index in [2.05, 4.69) is 25.2 Å². The number of nitrogens with one attached hydrogen (secondary N) is 1. The van der Waals surface area contributed by atoms with Gasteiger partial charge in [-0.1, -0.05) is 13.8 Å². The third kappa shape index (κ3) is 2.38. The Morgan fingerprint density at radius 1 is 1.10 bits per heavy atom. The monoisotopic (exact) mass is 272 g/mol. The molecular formula is C16H20N2O2. The van der Waals surface area contributed by atoms with Crippen molar-refractivity contribution >= 4 is 16.7 Å². The van der Waals surface area contributed by atoms with E-state index in [4.69, 9.17) is 14.5 Å².